The molecule has 0 fully saturated rings. The molecule has 0 aliphatic heterocycles. The average molecular weight is 524 g/mol. The molecule has 4 aromatic carbocycles. The van der Waals surface area contributed by atoms with Crippen molar-refractivity contribution in [1.82, 2.24) is 4.90 Å². The van der Waals surface area contributed by atoms with E-state index in [2.05, 4.69) is 4.90 Å². The summed E-state index contributed by atoms with van der Waals surface area (Å²) in [6, 6.07) is 26.3. The van der Waals surface area contributed by atoms with E-state index in [1.807, 2.05) is 87.7 Å². The molecule has 0 saturated heterocycles. The van der Waals surface area contributed by atoms with Crippen LogP contribution in [-0.2, 0) is 6.42 Å². The molecule has 0 aliphatic carbocycles. The van der Waals surface area contributed by atoms with E-state index in [0.717, 1.165) is 32.8 Å². The van der Waals surface area contributed by atoms with Crippen molar-refractivity contribution in [2.45, 2.75) is 13.3 Å². The highest BCUT2D eigenvalue weighted by molar-refractivity contribution is 7.24. The van der Waals surface area contributed by atoms with Crippen molar-refractivity contribution >= 4 is 37.3 Å². The lowest BCUT2D eigenvalue weighted by Gasteiger charge is -2.14. The van der Waals surface area contributed by atoms with Crippen LogP contribution in [0.4, 0.5) is 0 Å². The molecule has 0 N–H and O–H groups in total. The number of likely N-dealkylation sites (N-methyl/N-ethyl adjacent to an activating group) is 1. The Morgan fingerprint density at radius 3 is 2.45 bits per heavy atom. The topological polar surface area (TPSA) is 55.8 Å². The summed E-state index contributed by atoms with van der Waals surface area (Å²) < 4.78 is 13.9. The van der Waals surface area contributed by atoms with Crippen molar-refractivity contribution in [3.63, 3.8) is 0 Å². The van der Waals surface area contributed by atoms with Crippen molar-refractivity contribution in [1.29, 1.82) is 0 Å². The minimum absolute atomic E-state index is 0.0186. The Balaban J connectivity index is 1.44. The van der Waals surface area contributed by atoms with Crippen molar-refractivity contribution in [2.75, 3.05) is 27.2 Å². The highest BCUT2D eigenvalue weighted by atomic mass is 32.1. The number of benzene rings is 4. The van der Waals surface area contributed by atoms with Gasteiger partial charge in [0.2, 0.25) is 0 Å². The third kappa shape index (κ3) is 5.77. The number of rotatable bonds is 9. The maximum Gasteiger partial charge on any atom is 0.196 e. The molecule has 0 unspecified atom stereocenters. The molecule has 0 radical (unpaired) electrons. The summed E-state index contributed by atoms with van der Waals surface area (Å²) >= 11 is 1.52. The Hall–Kier alpha value is -4.00. The molecule has 5 rings (SSSR count). The minimum Gasteiger partial charge on any atom is -0.491 e. The van der Waals surface area contributed by atoms with Crippen LogP contribution in [0.25, 0.3) is 20.2 Å². The summed E-state index contributed by atoms with van der Waals surface area (Å²) in [6.45, 7) is 3.29. The van der Waals surface area contributed by atoms with E-state index in [0.29, 0.717) is 40.9 Å². The molecular formula is C32H29NO4S. The largest absolute Gasteiger partial charge is 0.491 e. The van der Waals surface area contributed by atoms with Gasteiger partial charge < -0.3 is 14.4 Å². The Bertz CT molecular complexity index is 1670. The van der Waals surface area contributed by atoms with Crippen molar-refractivity contribution in [2.24, 2.45) is 0 Å². The first kappa shape index (κ1) is 25.6. The van der Waals surface area contributed by atoms with E-state index in [4.69, 9.17) is 9.47 Å². The second-order valence-electron chi connectivity index (χ2n) is 9.60. The molecule has 0 bridgehead atoms. The highest BCUT2D eigenvalue weighted by Crippen LogP contribution is 2.35. The molecule has 38 heavy (non-hydrogen) atoms. The predicted octanol–water partition coefficient (Wildman–Crippen LogP) is 6.88. The number of Topliss-reactive ketones (excluding diaryl/α,β-unsaturated/α-hetero) is 1. The SMILES string of the molecule is Cc1cc(OCCN(C)C)c2sc3cc(Oc4cccc(C(=O)Cc5ccccc5)c4)ccc3c(=O)c2c1. The Morgan fingerprint density at radius 2 is 1.66 bits per heavy atom. The zero-order chi connectivity index (χ0) is 26.6. The number of hydrogen-bond acceptors (Lipinski definition) is 6. The lowest BCUT2D eigenvalue weighted by molar-refractivity contribution is 0.0992. The van der Waals surface area contributed by atoms with Gasteiger partial charge in [-0.25, -0.2) is 0 Å². The number of carbonyl (C=O) groups excluding carboxylic acids is 1. The zero-order valence-electron chi connectivity index (χ0n) is 21.7. The normalized spacial score (nSPS) is 11.3. The van der Waals surface area contributed by atoms with Crippen LogP contribution in [0.1, 0.15) is 21.5 Å². The fourth-order valence-corrected chi connectivity index (χ4v) is 5.45. The molecule has 5 aromatic rings. The van der Waals surface area contributed by atoms with E-state index in [1.54, 1.807) is 18.2 Å². The standard InChI is InChI=1S/C32H29NO4S/c1-21-16-27-31(35)26-13-12-25(20-30(26)38-32(27)29(17-21)36-15-14-33(2)3)37-24-11-7-10-23(19-24)28(34)18-22-8-5-4-6-9-22/h4-13,16-17,19-20H,14-15,18H2,1-3H3. The van der Waals surface area contributed by atoms with Crippen molar-refractivity contribution in [3.05, 3.63) is 112 Å². The van der Waals surface area contributed by atoms with Crippen LogP contribution >= 0.6 is 11.3 Å². The lowest BCUT2D eigenvalue weighted by Crippen LogP contribution is -2.19. The molecule has 0 atom stereocenters. The van der Waals surface area contributed by atoms with Crippen LogP contribution in [0.3, 0.4) is 0 Å². The van der Waals surface area contributed by atoms with Gasteiger partial charge in [0.25, 0.3) is 0 Å². The van der Waals surface area contributed by atoms with Gasteiger partial charge in [-0.3, -0.25) is 9.59 Å². The van der Waals surface area contributed by atoms with Crippen LogP contribution < -0.4 is 14.9 Å². The van der Waals surface area contributed by atoms with Crippen molar-refractivity contribution in [3.8, 4) is 17.2 Å². The van der Waals surface area contributed by atoms with E-state index in [9.17, 15) is 9.59 Å². The van der Waals surface area contributed by atoms with Gasteiger partial charge in [0.15, 0.2) is 11.2 Å². The second kappa shape index (κ2) is 11.2. The monoisotopic (exact) mass is 523 g/mol. The average Bonchev–Trinajstić information content (AvgIpc) is 2.90. The van der Waals surface area contributed by atoms with Crippen LogP contribution in [-0.4, -0.2) is 37.9 Å². The fraction of sp³-hybridized carbons (Fsp3) is 0.188. The van der Waals surface area contributed by atoms with Crippen LogP contribution in [0, 0.1) is 6.92 Å². The highest BCUT2D eigenvalue weighted by Gasteiger charge is 2.14. The van der Waals surface area contributed by atoms with Gasteiger partial charge in [-0.05, 0) is 74.6 Å². The van der Waals surface area contributed by atoms with E-state index < -0.39 is 0 Å². The van der Waals surface area contributed by atoms with Crippen LogP contribution in [0.15, 0.2) is 89.7 Å². The van der Waals surface area contributed by atoms with Gasteiger partial charge in [0.05, 0.1) is 4.70 Å². The summed E-state index contributed by atoms with van der Waals surface area (Å²) in [6.07, 6.45) is 0.333. The molecular weight excluding hydrogens is 494 g/mol. The lowest BCUT2D eigenvalue weighted by atomic mass is 10.0. The van der Waals surface area contributed by atoms with E-state index in [-0.39, 0.29) is 11.2 Å². The summed E-state index contributed by atoms with van der Waals surface area (Å²) in [5.74, 6) is 1.92. The summed E-state index contributed by atoms with van der Waals surface area (Å²) in [5.41, 5.74) is 2.54. The molecule has 0 amide bonds. The maximum atomic E-state index is 13.4. The summed E-state index contributed by atoms with van der Waals surface area (Å²) in [4.78, 5) is 28.3. The Kier molecular flexibility index (Phi) is 7.54. The Morgan fingerprint density at radius 1 is 0.868 bits per heavy atom. The molecule has 192 valence electrons. The van der Waals surface area contributed by atoms with Gasteiger partial charge >= 0.3 is 0 Å². The van der Waals surface area contributed by atoms with Crippen molar-refractivity contribution < 1.29 is 14.3 Å². The first-order chi connectivity index (χ1) is 18.4. The first-order valence-corrected chi connectivity index (χ1v) is 13.3. The quantitative estimate of drug-likeness (QED) is 0.156. The molecule has 0 aliphatic rings. The van der Waals surface area contributed by atoms with Crippen LogP contribution in [0.5, 0.6) is 17.2 Å². The summed E-state index contributed by atoms with van der Waals surface area (Å²) in [5, 5.41) is 1.31. The minimum atomic E-state index is -0.0186. The number of aryl methyl sites for hydroxylation is 1. The molecule has 6 heteroatoms. The van der Waals surface area contributed by atoms with Gasteiger partial charge in [-0.1, -0.05) is 42.5 Å². The third-order valence-electron chi connectivity index (χ3n) is 6.25. The number of nitrogens with zero attached hydrogens (tertiary/aromatic N) is 1. The smallest absolute Gasteiger partial charge is 0.196 e. The number of carbonyl (C=O) groups is 1. The van der Waals surface area contributed by atoms with E-state index >= 15 is 0 Å². The molecule has 1 heterocycles. The maximum absolute atomic E-state index is 13.4. The summed E-state index contributed by atoms with van der Waals surface area (Å²) in [7, 11) is 4.00. The number of ether oxygens (including phenoxy) is 2. The van der Waals surface area contributed by atoms with Crippen LogP contribution in [0.2, 0.25) is 0 Å². The molecule has 0 spiro atoms. The van der Waals surface area contributed by atoms with Gasteiger partial charge in [-0.2, -0.15) is 0 Å². The Labute approximate surface area is 225 Å². The number of hydrogen-bond donors (Lipinski definition) is 0. The molecule has 5 nitrogen and oxygen atoms in total. The molecule has 0 saturated carbocycles. The predicted molar refractivity (Wildman–Crippen MR) is 155 cm³/mol. The first-order valence-electron chi connectivity index (χ1n) is 12.5. The number of fused-ring (bicyclic) bond motifs is 2. The van der Waals surface area contributed by atoms with Gasteiger partial charge in [-0.15, -0.1) is 11.3 Å². The van der Waals surface area contributed by atoms with Gasteiger partial charge in [0, 0.05) is 34.0 Å². The second-order valence-corrected chi connectivity index (χ2v) is 10.6. The number of ketones is 1. The van der Waals surface area contributed by atoms with E-state index in [1.165, 1.54) is 11.3 Å². The zero-order valence-corrected chi connectivity index (χ0v) is 22.5. The fourth-order valence-electron chi connectivity index (χ4n) is 4.30. The van der Waals surface area contributed by atoms with Gasteiger partial charge in [0.1, 0.15) is 23.9 Å². The molecule has 1 aromatic heterocycles. The third-order valence-corrected chi connectivity index (χ3v) is 7.43.